The van der Waals surface area contributed by atoms with E-state index in [2.05, 4.69) is 24.6 Å². The normalized spacial score (nSPS) is 11.2. The second kappa shape index (κ2) is 6.33. The zero-order chi connectivity index (χ0) is 20.1. The second-order valence-corrected chi connectivity index (χ2v) is 7.13. The van der Waals surface area contributed by atoms with Gasteiger partial charge in [0.05, 0.1) is 34.7 Å². The summed E-state index contributed by atoms with van der Waals surface area (Å²) in [6.45, 7) is 9.43. The molecule has 5 rings (SSSR count). The number of nitrogens with two attached hydrogens (primary N) is 1. The Hall–Kier alpha value is -3.89. The molecule has 0 spiro atoms. The highest BCUT2D eigenvalue weighted by Crippen LogP contribution is 2.40. The van der Waals surface area contributed by atoms with E-state index in [9.17, 15) is 0 Å². The molecule has 4 aromatic heterocycles. The van der Waals surface area contributed by atoms with Crippen LogP contribution in [-0.2, 0) is 0 Å². The van der Waals surface area contributed by atoms with E-state index >= 15 is 0 Å². The van der Waals surface area contributed by atoms with Crippen LogP contribution in [0.15, 0.2) is 55.4 Å². The van der Waals surface area contributed by atoms with E-state index < -0.39 is 0 Å². The van der Waals surface area contributed by atoms with Gasteiger partial charge in [0, 0.05) is 29.7 Å². The molecule has 4 heterocycles. The Bertz CT molecular complexity index is 1460. The Morgan fingerprint density at radius 1 is 1.14 bits per heavy atom. The Balaban J connectivity index is 1.86. The standard InChI is InChI=1S/C21H14ClN7/c1-12-5-19-14(6-18(12)24-2)16(15-7-25-8-17(23)21(15)22)10-29(19)13-3-4-20-27-26-11-28(20)9-13/h3-11H,23H2,1H3. The van der Waals surface area contributed by atoms with E-state index in [0.29, 0.717) is 16.4 Å². The van der Waals surface area contributed by atoms with Crippen LogP contribution in [0, 0.1) is 13.5 Å². The average Bonchev–Trinajstić information content (AvgIpc) is 3.33. The number of aromatic nitrogens is 5. The topological polar surface area (TPSA) is 78.4 Å². The zero-order valence-electron chi connectivity index (χ0n) is 15.3. The number of pyridine rings is 2. The number of aryl methyl sites for hydroxylation is 1. The molecule has 7 nitrogen and oxygen atoms in total. The van der Waals surface area contributed by atoms with Gasteiger partial charge in [0.2, 0.25) is 0 Å². The lowest BCUT2D eigenvalue weighted by Crippen LogP contribution is -1.95. The predicted octanol–water partition coefficient (Wildman–Crippen LogP) is 4.83. The molecule has 0 bridgehead atoms. The molecular formula is C21H14ClN7. The van der Waals surface area contributed by atoms with Crippen LogP contribution in [0.25, 0.3) is 38.2 Å². The van der Waals surface area contributed by atoms with Gasteiger partial charge in [-0.3, -0.25) is 9.38 Å². The minimum absolute atomic E-state index is 0.411. The molecule has 0 atom stereocenters. The van der Waals surface area contributed by atoms with Gasteiger partial charge in [0.15, 0.2) is 11.3 Å². The van der Waals surface area contributed by atoms with E-state index in [4.69, 9.17) is 23.9 Å². The van der Waals surface area contributed by atoms with Crippen molar-refractivity contribution in [2.45, 2.75) is 6.92 Å². The number of hydrogen-bond acceptors (Lipinski definition) is 4. The Labute approximate surface area is 170 Å². The lowest BCUT2D eigenvalue weighted by Gasteiger charge is -2.07. The second-order valence-electron chi connectivity index (χ2n) is 6.75. The van der Waals surface area contributed by atoms with Crippen molar-refractivity contribution in [1.29, 1.82) is 0 Å². The van der Waals surface area contributed by atoms with Gasteiger partial charge in [-0.1, -0.05) is 11.6 Å². The van der Waals surface area contributed by atoms with Crippen molar-refractivity contribution in [3.05, 3.63) is 77.4 Å². The van der Waals surface area contributed by atoms with Crippen LogP contribution >= 0.6 is 11.6 Å². The van der Waals surface area contributed by atoms with Crippen LogP contribution in [0.3, 0.4) is 0 Å². The summed E-state index contributed by atoms with van der Waals surface area (Å²) >= 11 is 6.50. The van der Waals surface area contributed by atoms with Crippen LogP contribution in [0.1, 0.15) is 5.56 Å². The first kappa shape index (κ1) is 17.2. The Kier molecular flexibility index (Phi) is 3.76. The monoisotopic (exact) mass is 399 g/mol. The van der Waals surface area contributed by atoms with Crippen molar-refractivity contribution in [2.75, 3.05) is 5.73 Å². The highest BCUT2D eigenvalue weighted by atomic mass is 35.5. The number of halogens is 1. The summed E-state index contributed by atoms with van der Waals surface area (Å²) in [5.74, 6) is 0. The summed E-state index contributed by atoms with van der Waals surface area (Å²) < 4.78 is 3.92. The fourth-order valence-electron chi connectivity index (χ4n) is 3.52. The third-order valence-corrected chi connectivity index (χ3v) is 5.42. The quantitative estimate of drug-likeness (QED) is 0.431. The van der Waals surface area contributed by atoms with Crippen molar-refractivity contribution < 1.29 is 0 Å². The van der Waals surface area contributed by atoms with Crippen LogP contribution < -0.4 is 5.73 Å². The molecule has 0 unspecified atom stereocenters. The Morgan fingerprint density at radius 3 is 2.83 bits per heavy atom. The van der Waals surface area contributed by atoms with Crippen LogP contribution in [0.4, 0.5) is 11.4 Å². The van der Waals surface area contributed by atoms with E-state index in [1.54, 1.807) is 12.5 Å². The Morgan fingerprint density at radius 2 is 2.00 bits per heavy atom. The molecule has 0 fully saturated rings. The van der Waals surface area contributed by atoms with Gasteiger partial charge >= 0.3 is 0 Å². The summed E-state index contributed by atoms with van der Waals surface area (Å²) in [6.07, 6.45) is 8.83. The number of nitrogen functional groups attached to an aromatic ring is 1. The SMILES string of the molecule is [C-]#[N+]c1cc2c(-c3cncc(N)c3Cl)cn(-c3ccc4nncn4c3)c2cc1C. The summed E-state index contributed by atoms with van der Waals surface area (Å²) in [6, 6.07) is 7.78. The molecule has 0 aliphatic rings. The molecule has 1 aromatic carbocycles. The van der Waals surface area contributed by atoms with Crippen molar-refractivity contribution in [2.24, 2.45) is 0 Å². The maximum Gasteiger partial charge on any atom is 0.190 e. The smallest absolute Gasteiger partial charge is 0.190 e. The number of hydrogen-bond donors (Lipinski definition) is 1. The van der Waals surface area contributed by atoms with Gasteiger partial charge in [-0.2, -0.15) is 0 Å². The fraction of sp³-hybridized carbons (Fsp3) is 0.0476. The van der Waals surface area contributed by atoms with Gasteiger partial charge < -0.3 is 10.3 Å². The first-order chi connectivity index (χ1) is 14.1. The molecule has 2 N–H and O–H groups in total. The maximum absolute atomic E-state index is 7.50. The molecule has 0 radical (unpaired) electrons. The molecule has 29 heavy (non-hydrogen) atoms. The summed E-state index contributed by atoms with van der Waals surface area (Å²) in [7, 11) is 0. The summed E-state index contributed by atoms with van der Waals surface area (Å²) in [5, 5.41) is 9.34. The van der Waals surface area contributed by atoms with E-state index in [1.807, 2.05) is 48.0 Å². The molecule has 0 saturated heterocycles. The molecule has 0 aliphatic carbocycles. The third-order valence-electron chi connectivity index (χ3n) is 4.99. The van der Waals surface area contributed by atoms with E-state index in [0.717, 1.165) is 38.9 Å². The number of fused-ring (bicyclic) bond motifs is 2. The van der Waals surface area contributed by atoms with Gasteiger partial charge in [-0.25, -0.2) is 4.85 Å². The van der Waals surface area contributed by atoms with Gasteiger partial charge in [0.1, 0.15) is 6.33 Å². The maximum atomic E-state index is 7.50. The largest absolute Gasteiger partial charge is 0.396 e. The zero-order valence-corrected chi connectivity index (χ0v) is 16.1. The summed E-state index contributed by atoms with van der Waals surface area (Å²) in [5.41, 5.74) is 12.1. The van der Waals surface area contributed by atoms with Crippen LogP contribution in [-0.4, -0.2) is 24.1 Å². The van der Waals surface area contributed by atoms with Crippen LogP contribution in [0.5, 0.6) is 0 Å². The van der Waals surface area contributed by atoms with Crippen molar-refractivity contribution in [3.63, 3.8) is 0 Å². The molecular weight excluding hydrogens is 386 g/mol. The summed E-state index contributed by atoms with van der Waals surface area (Å²) in [4.78, 5) is 7.86. The van der Waals surface area contributed by atoms with Crippen molar-refractivity contribution in [1.82, 2.24) is 24.1 Å². The molecule has 8 heteroatoms. The first-order valence-corrected chi connectivity index (χ1v) is 9.17. The highest BCUT2D eigenvalue weighted by molar-refractivity contribution is 6.36. The number of rotatable bonds is 2. The minimum atomic E-state index is 0.411. The highest BCUT2D eigenvalue weighted by Gasteiger charge is 2.17. The number of benzene rings is 1. The van der Waals surface area contributed by atoms with Crippen LogP contribution in [0.2, 0.25) is 5.02 Å². The number of nitrogens with zero attached hydrogens (tertiary/aromatic N) is 6. The molecule has 140 valence electrons. The van der Waals surface area contributed by atoms with Gasteiger partial charge in [-0.15, -0.1) is 10.2 Å². The number of anilines is 1. The van der Waals surface area contributed by atoms with Gasteiger partial charge in [-0.05, 0) is 42.1 Å². The minimum Gasteiger partial charge on any atom is -0.396 e. The van der Waals surface area contributed by atoms with Gasteiger partial charge in [0.25, 0.3) is 0 Å². The van der Waals surface area contributed by atoms with E-state index in [1.165, 1.54) is 6.20 Å². The average molecular weight is 400 g/mol. The predicted molar refractivity (Wildman–Crippen MR) is 113 cm³/mol. The lowest BCUT2D eigenvalue weighted by atomic mass is 10.0. The van der Waals surface area contributed by atoms with Crippen molar-refractivity contribution >= 4 is 39.5 Å². The third kappa shape index (κ3) is 2.62. The molecule has 0 amide bonds. The van der Waals surface area contributed by atoms with E-state index in [-0.39, 0.29) is 0 Å². The fourth-order valence-corrected chi connectivity index (χ4v) is 3.72. The molecule has 0 saturated carbocycles. The lowest BCUT2D eigenvalue weighted by molar-refractivity contribution is 1.06. The van der Waals surface area contributed by atoms with Crippen molar-refractivity contribution in [3.8, 4) is 16.8 Å². The molecule has 0 aliphatic heterocycles. The first-order valence-electron chi connectivity index (χ1n) is 8.79. The molecule has 5 aromatic rings.